The van der Waals surface area contributed by atoms with Crippen molar-refractivity contribution in [2.75, 3.05) is 26.7 Å². The summed E-state index contributed by atoms with van der Waals surface area (Å²) < 4.78 is 7.14. The number of amides is 1. The highest BCUT2D eigenvalue weighted by atomic mass is 32.1. The Morgan fingerprint density at radius 1 is 1.57 bits per heavy atom. The van der Waals surface area contributed by atoms with Crippen molar-refractivity contribution in [3.05, 3.63) is 29.0 Å². The number of ether oxygens (including phenoxy) is 1. The van der Waals surface area contributed by atoms with Crippen LogP contribution in [0, 0.1) is 0 Å². The van der Waals surface area contributed by atoms with Crippen LogP contribution in [-0.4, -0.2) is 63.3 Å². The van der Waals surface area contributed by atoms with E-state index in [0.29, 0.717) is 11.8 Å². The number of hydrogen-bond acceptors (Lipinski definition) is 6. The van der Waals surface area contributed by atoms with E-state index in [2.05, 4.69) is 22.0 Å². The third-order valence-corrected chi connectivity index (χ3v) is 4.82. The number of carbonyl (C=O) groups is 1. The summed E-state index contributed by atoms with van der Waals surface area (Å²) in [6.07, 6.45) is 6.18. The van der Waals surface area contributed by atoms with Gasteiger partial charge in [-0.25, -0.2) is 4.98 Å². The highest BCUT2D eigenvalue weighted by Crippen LogP contribution is 2.18. The largest absolute Gasteiger partial charge is 0.480 e. The van der Waals surface area contributed by atoms with Crippen LogP contribution in [0.2, 0.25) is 0 Å². The highest BCUT2D eigenvalue weighted by molar-refractivity contribution is 7.09. The van der Waals surface area contributed by atoms with Crippen molar-refractivity contribution in [1.29, 1.82) is 0 Å². The van der Waals surface area contributed by atoms with E-state index in [1.165, 1.54) is 0 Å². The van der Waals surface area contributed by atoms with E-state index in [-0.39, 0.29) is 12.5 Å². The monoisotopic (exact) mass is 335 g/mol. The molecule has 0 aromatic carbocycles. The number of nitrogens with zero attached hydrogens (tertiary/aromatic N) is 5. The Labute approximate surface area is 139 Å². The number of likely N-dealkylation sites (tertiary alicyclic amines) is 1. The molecule has 1 aliphatic heterocycles. The first kappa shape index (κ1) is 15.9. The van der Waals surface area contributed by atoms with Gasteiger partial charge in [-0.15, -0.1) is 11.3 Å². The van der Waals surface area contributed by atoms with Crippen molar-refractivity contribution in [1.82, 2.24) is 24.6 Å². The molecule has 2 aromatic heterocycles. The van der Waals surface area contributed by atoms with Crippen LogP contribution in [0.1, 0.15) is 11.4 Å². The molecule has 1 unspecified atom stereocenters. The lowest BCUT2D eigenvalue weighted by molar-refractivity contribution is -0.132. The number of aromatic nitrogens is 3. The molecule has 0 aliphatic carbocycles. The van der Waals surface area contributed by atoms with Crippen molar-refractivity contribution in [2.45, 2.75) is 19.0 Å². The van der Waals surface area contributed by atoms with Crippen LogP contribution in [0.5, 0.6) is 5.75 Å². The molecule has 8 heteroatoms. The molecule has 0 N–H and O–H groups in total. The van der Waals surface area contributed by atoms with Crippen molar-refractivity contribution in [3.63, 3.8) is 0 Å². The van der Waals surface area contributed by atoms with Gasteiger partial charge in [0.15, 0.2) is 12.4 Å². The van der Waals surface area contributed by atoms with E-state index < -0.39 is 0 Å². The van der Waals surface area contributed by atoms with E-state index in [1.54, 1.807) is 28.4 Å². The molecular formula is C15H21N5O2S. The fourth-order valence-electron chi connectivity index (χ4n) is 2.71. The zero-order valence-corrected chi connectivity index (χ0v) is 14.2. The summed E-state index contributed by atoms with van der Waals surface area (Å²) in [4.78, 5) is 20.7. The van der Waals surface area contributed by atoms with Gasteiger partial charge in [-0.3, -0.25) is 14.4 Å². The molecule has 0 bridgehead atoms. The second-order valence-electron chi connectivity index (χ2n) is 5.76. The average Bonchev–Trinajstić information content (AvgIpc) is 3.26. The van der Waals surface area contributed by atoms with E-state index in [1.807, 2.05) is 23.5 Å². The lowest BCUT2D eigenvalue weighted by Crippen LogP contribution is -2.38. The molecule has 3 rings (SSSR count). The van der Waals surface area contributed by atoms with Gasteiger partial charge in [0.2, 0.25) is 0 Å². The van der Waals surface area contributed by atoms with E-state index >= 15 is 0 Å². The Morgan fingerprint density at radius 3 is 3.13 bits per heavy atom. The first-order valence-electron chi connectivity index (χ1n) is 7.59. The van der Waals surface area contributed by atoms with Gasteiger partial charge < -0.3 is 9.64 Å². The topological polar surface area (TPSA) is 63.5 Å². The predicted molar refractivity (Wildman–Crippen MR) is 87.3 cm³/mol. The minimum absolute atomic E-state index is 0.0269. The molecule has 23 heavy (non-hydrogen) atoms. The van der Waals surface area contributed by atoms with Crippen molar-refractivity contribution >= 4 is 17.2 Å². The van der Waals surface area contributed by atoms with Crippen molar-refractivity contribution in [2.24, 2.45) is 7.05 Å². The lowest BCUT2D eigenvalue weighted by atomic mass is 10.2. The number of aryl methyl sites for hydroxylation is 1. The summed E-state index contributed by atoms with van der Waals surface area (Å²) in [5.74, 6) is 0.650. The molecule has 7 nitrogen and oxygen atoms in total. The van der Waals surface area contributed by atoms with Crippen molar-refractivity contribution < 1.29 is 9.53 Å². The third kappa shape index (κ3) is 4.08. The Balaban J connectivity index is 1.45. The van der Waals surface area contributed by atoms with Crippen LogP contribution in [-0.2, 0) is 18.4 Å². The van der Waals surface area contributed by atoms with Crippen LogP contribution in [0.4, 0.5) is 0 Å². The Bertz CT molecular complexity index is 642. The molecule has 1 amide bonds. The summed E-state index contributed by atoms with van der Waals surface area (Å²) in [7, 11) is 3.91. The first-order chi connectivity index (χ1) is 11.1. The van der Waals surface area contributed by atoms with Gasteiger partial charge in [0.25, 0.3) is 5.91 Å². The Morgan fingerprint density at radius 2 is 2.43 bits per heavy atom. The molecule has 1 saturated heterocycles. The maximum Gasteiger partial charge on any atom is 0.260 e. The first-order valence-corrected chi connectivity index (χ1v) is 8.47. The lowest BCUT2D eigenvalue weighted by Gasteiger charge is -2.23. The zero-order valence-electron chi connectivity index (χ0n) is 13.4. The second-order valence-corrected chi connectivity index (χ2v) is 6.74. The summed E-state index contributed by atoms with van der Waals surface area (Å²) in [5, 5.41) is 7.12. The molecule has 1 fully saturated rings. The molecule has 1 aliphatic rings. The molecule has 124 valence electrons. The van der Waals surface area contributed by atoms with Crippen molar-refractivity contribution in [3.8, 4) is 5.75 Å². The molecule has 0 radical (unpaired) electrons. The maximum absolute atomic E-state index is 12.3. The van der Waals surface area contributed by atoms with Gasteiger partial charge in [0, 0.05) is 37.8 Å². The smallest absolute Gasteiger partial charge is 0.260 e. The quantitative estimate of drug-likeness (QED) is 0.788. The van der Waals surface area contributed by atoms with E-state index in [9.17, 15) is 4.79 Å². The SMILES string of the molecule is CN(Cc1nccs1)C1CCN(C(=O)COc2cnn(C)c2)C1. The van der Waals surface area contributed by atoms with Gasteiger partial charge in [0.1, 0.15) is 5.01 Å². The van der Waals surface area contributed by atoms with Gasteiger partial charge in [-0.05, 0) is 13.5 Å². The molecule has 1 atom stereocenters. The number of thiazole rings is 1. The van der Waals surface area contributed by atoms with Gasteiger partial charge in [-0.1, -0.05) is 0 Å². The van der Waals surface area contributed by atoms with Gasteiger partial charge in [0.05, 0.1) is 18.9 Å². The number of hydrogen-bond donors (Lipinski definition) is 0. The summed E-state index contributed by atoms with van der Waals surface area (Å²) in [6, 6.07) is 0.376. The second kappa shape index (κ2) is 7.10. The Kier molecular flexibility index (Phi) is 4.92. The fraction of sp³-hybridized carbons (Fsp3) is 0.533. The van der Waals surface area contributed by atoms with Crippen LogP contribution >= 0.6 is 11.3 Å². The molecule has 0 spiro atoms. The third-order valence-electron chi connectivity index (χ3n) is 4.05. The van der Waals surface area contributed by atoms with Crippen LogP contribution in [0.3, 0.4) is 0 Å². The molecule has 0 saturated carbocycles. The fourth-order valence-corrected chi connectivity index (χ4v) is 3.39. The minimum atomic E-state index is 0.0269. The van der Waals surface area contributed by atoms with Crippen LogP contribution in [0.15, 0.2) is 24.0 Å². The van der Waals surface area contributed by atoms with Crippen LogP contribution < -0.4 is 4.74 Å². The summed E-state index contributed by atoms with van der Waals surface area (Å²) in [6.45, 7) is 2.42. The zero-order chi connectivity index (χ0) is 16.2. The molecular weight excluding hydrogens is 314 g/mol. The minimum Gasteiger partial charge on any atom is -0.480 e. The van der Waals surface area contributed by atoms with Gasteiger partial charge in [-0.2, -0.15) is 5.10 Å². The van der Waals surface area contributed by atoms with E-state index in [4.69, 9.17) is 4.74 Å². The Hall–Kier alpha value is -1.93. The highest BCUT2D eigenvalue weighted by Gasteiger charge is 2.29. The average molecular weight is 335 g/mol. The number of likely N-dealkylation sites (N-methyl/N-ethyl adjacent to an activating group) is 1. The molecule has 2 aromatic rings. The summed E-state index contributed by atoms with van der Waals surface area (Å²) in [5.41, 5.74) is 0. The number of rotatable bonds is 6. The van der Waals surface area contributed by atoms with E-state index in [0.717, 1.165) is 31.1 Å². The predicted octanol–water partition coefficient (Wildman–Crippen LogP) is 0.988. The normalized spacial score (nSPS) is 17.9. The number of carbonyl (C=O) groups excluding carboxylic acids is 1. The molecule has 3 heterocycles. The maximum atomic E-state index is 12.3. The van der Waals surface area contributed by atoms with Gasteiger partial charge >= 0.3 is 0 Å². The standard InChI is InChI=1S/C15H21N5O2S/c1-18(10-14-16-4-6-23-14)12-3-5-20(8-12)15(21)11-22-13-7-17-19(2)9-13/h4,6-7,9,12H,3,5,8,10-11H2,1-2H3. The van der Waals surface area contributed by atoms with Crippen LogP contribution in [0.25, 0.3) is 0 Å². The summed E-state index contributed by atoms with van der Waals surface area (Å²) >= 11 is 1.66.